The van der Waals surface area contributed by atoms with Gasteiger partial charge in [-0.15, -0.1) is 0 Å². The van der Waals surface area contributed by atoms with Crippen molar-refractivity contribution in [2.45, 2.75) is 19.9 Å². The number of fused-ring (bicyclic) bond motifs is 1. The van der Waals surface area contributed by atoms with Crippen LogP contribution in [0.2, 0.25) is 0 Å². The fourth-order valence-electron chi connectivity index (χ4n) is 3.25. The van der Waals surface area contributed by atoms with Gasteiger partial charge >= 0.3 is 0 Å². The summed E-state index contributed by atoms with van der Waals surface area (Å²) in [7, 11) is 0. The molecule has 0 amide bonds. The Morgan fingerprint density at radius 2 is 1.38 bits per heavy atom. The van der Waals surface area contributed by atoms with Crippen molar-refractivity contribution in [1.29, 1.82) is 0 Å². The molecule has 1 aliphatic heterocycles. The third-order valence-electron chi connectivity index (χ3n) is 4.58. The number of rotatable bonds is 2. The number of hydrogen-bond donors (Lipinski definition) is 1. The molecule has 0 radical (unpaired) electrons. The zero-order valence-corrected chi connectivity index (χ0v) is 14.0. The summed E-state index contributed by atoms with van der Waals surface area (Å²) in [6.07, 6.45) is 0. The number of anilines is 1. The maximum absolute atomic E-state index is 5.09. The standard InChI is InChI=1S/C22H20N2/c1-15-13-14-16(2)20-19(15)23-21(17-9-5-3-6-10-17)22(24-20)18-11-7-4-8-12-18/h3-14,21,23H,1-2H3. The number of nitrogens with one attached hydrogen (secondary N) is 1. The van der Waals surface area contributed by atoms with E-state index in [4.69, 9.17) is 4.99 Å². The summed E-state index contributed by atoms with van der Waals surface area (Å²) in [6.45, 7) is 4.26. The first-order valence-electron chi connectivity index (χ1n) is 8.30. The molecule has 2 nitrogen and oxygen atoms in total. The molecule has 0 fully saturated rings. The molecule has 0 saturated carbocycles. The predicted molar refractivity (Wildman–Crippen MR) is 101 cm³/mol. The Morgan fingerprint density at radius 3 is 2.08 bits per heavy atom. The first-order chi connectivity index (χ1) is 11.7. The fourth-order valence-corrected chi connectivity index (χ4v) is 3.25. The number of benzene rings is 3. The predicted octanol–water partition coefficient (Wildman–Crippen LogP) is 5.59. The monoisotopic (exact) mass is 312 g/mol. The van der Waals surface area contributed by atoms with Crippen LogP contribution in [0.15, 0.2) is 77.8 Å². The lowest BCUT2D eigenvalue weighted by Gasteiger charge is -2.29. The molecule has 2 heteroatoms. The van der Waals surface area contributed by atoms with Gasteiger partial charge in [0.1, 0.15) is 0 Å². The molecular weight excluding hydrogens is 292 g/mol. The van der Waals surface area contributed by atoms with Crippen molar-refractivity contribution >= 4 is 17.1 Å². The van der Waals surface area contributed by atoms with Crippen LogP contribution in [0.4, 0.5) is 11.4 Å². The van der Waals surface area contributed by atoms with Gasteiger partial charge in [-0.2, -0.15) is 0 Å². The number of hydrogen-bond acceptors (Lipinski definition) is 2. The molecule has 1 heterocycles. The highest BCUT2D eigenvalue weighted by Crippen LogP contribution is 2.40. The molecule has 1 unspecified atom stereocenters. The van der Waals surface area contributed by atoms with E-state index in [9.17, 15) is 0 Å². The van der Waals surface area contributed by atoms with Gasteiger partial charge < -0.3 is 5.32 Å². The maximum atomic E-state index is 5.09. The largest absolute Gasteiger partial charge is 0.371 e. The van der Waals surface area contributed by atoms with Gasteiger partial charge in [-0.25, -0.2) is 4.99 Å². The molecule has 0 bridgehead atoms. The minimum atomic E-state index is 0.0570. The zero-order chi connectivity index (χ0) is 16.5. The van der Waals surface area contributed by atoms with Gasteiger partial charge in [0.2, 0.25) is 0 Å². The Hall–Kier alpha value is -2.87. The van der Waals surface area contributed by atoms with Crippen LogP contribution in [0.5, 0.6) is 0 Å². The second-order valence-corrected chi connectivity index (χ2v) is 6.27. The smallest absolute Gasteiger partial charge is 0.0947 e. The van der Waals surface area contributed by atoms with Crippen LogP contribution in [0.1, 0.15) is 28.3 Å². The van der Waals surface area contributed by atoms with E-state index in [2.05, 4.69) is 85.9 Å². The van der Waals surface area contributed by atoms with E-state index in [0.717, 1.165) is 22.6 Å². The summed E-state index contributed by atoms with van der Waals surface area (Å²) in [5.41, 5.74) is 8.08. The lowest BCUT2D eigenvalue weighted by atomic mass is 9.93. The first kappa shape index (κ1) is 14.7. The van der Waals surface area contributed by atoms with Crippen molar-refractivity contribution < 1.29 is 0 Å². The van der Waals surface area contributed by atoms with Crippen molar-refractivity contribution in [3.63, 3.8) is 0 Å². The van der Waals surface area contributed by atoms with Gasteiger partial charge in [-0.1, -0.05) is 72.8 Å². The van der Waals surface area contributed by atoms with Crippen LogP contribution in [0, 0.1) is 13.8 Å². The molecule has 0 saturated heterocycles. The van der Waals surface area contributed by atoms with Crippen molar-refractivity contribution in [2.75, 3.05) is 5.32 Å². The van der Waals surface area contributed by atoms with Gasteiger partial charge in [0.15, 0.2) is 0 Å². The molecule has 118 valence electrons. The highest BCUT2D eigenvalue weighted by molar-refractivity contribution is 6.10. The van der Waals surface area contributed by atoms with Crippen LogP contribution in [0.3, 0.4) is 0 Å². The molecule has 24 heavy (non-hydrogen) atoms. The second-order valence-electron chi connectivity index (χ2n) is 6.27. The second kappa shape index (κ2) is 5.97. The van der Waals surface area contributed by atoms with Gasteiger partial charge in [0, 0.05) is 0 Å². The van der Waals surface area contributed by atoms with Crippen LogP contribution in [0.25, 0.3) is 0 Å². The normalized spacial score (nSPS) is 16.1. The third kappa shape index (κ3) is 2.50. The van der Waals surface area contributed by atoms with Crippen LogP contribution in [-0.2, 0) is 0 Å². The lowest BCUT2D eigenvalue weighted by Crippen LogP contribution is -2.25. The lowest BCUT2D eigenvalue weighted by molar-refractivity contribution is 1.01. The Balaban J connectivity index is 1.93. The van der Waals surface area contributed by atoms with Crippen LogP contribution < -0.4 is 5.32 Å². The van der Waals surface area contributed by atoms with Crippen LogP contribution >= 0.6 is 0 Å². The number of aryl methyl sites for hydroxylation is 2. The summed E-state index contributed by atoms with van der Waals surface area (Å²) in [5, 5.41) is 3.74. The minimum Gasteiger partial charge on any atom is -0.371 e. The fraction of sp³-hybridized carbons (Fsp3) is 0.136. The summed E-state index contributed by atoms with van der Waals surface area (Å²) in [5.74, 6) is 0. The van der Waals surface area contributed by atoms with Gasteiger partial charge in [-0.3, -0.25) is 0 Å². The molecule has 0 spiro atoms. The molecule has 3 aromatic rings. The Bertz CT molecular complexity index is 896. The quantitative estimate of drug-likeness (QED) is 0.655. The molecule has 1 aliphatic rings. The Labute approximate surface area is 142 Å². The Morgan fingerprint density at radius 1 is 0.750 bits per heavy atom. The SMILES string of the molecule is Cc1ccc(C)c2c1N=C(c1ccccc1)C(c1ccccc1)N2. The molecule has 3 aromatic carbocycles. The van der Waals surface area contributed by atoms with Gasteiger partial charge in [0.05, 0.1) is 23.1 Å². The first-order valence-corrected chi connectivity index (χ1v) is 8.30. The number of nitrogens with zero attached hydrogens (tertiary/aromatic N) is 1. The highest BCUT2D eigenvalue weighted by atomic mass is 15.0. The zero-order valence-electron chi connectivity index (χ0n) is 14.0. The van der Waals surface area contributed by atoms with E-state index in [1.165, 1.54) is 16.7 Å². The van der Waals surface area contributed by atoms with Crippen LogP contribution in [-0.4, -0.2) is 5.71 Å². The van der Waals surface area contributed by atoms with Gasteiger partial charge in [0.25, 0.3) is 0 Å². The average Bonchev–Trinajstić information content (AvgIpc) is 2.65. The summed E-state index contributed by atoms with van der Waals surface area (Å²) in [6, 6.07) is 25.3. The Kier molecular flexibility index (Phi) is 3.66. The van der Waals surface area contributed by atoms with Crippen molar-refractivity contribution in [1.82, 2.24) is 0 Å². The van der Waals surface area contributed by atoms with E-state index in [1.54, 1.807) is 0 Å². The summed E-state index contributed by atoms with van der Waals surface area (Å²) in [4.78, 5) is 5.09. The van der Waals surface area contributed by atoms with E-state index in [0.29, 0.717) is 0 Å². The summed E-state index contributed by atoms with van der Waals surface area (Å²) >= 11 is 0. The molecule has 1 N–H and O–H groups in total. The molecule has 0 aliphatic carbocycles. The minimum absolute atomic E-state index is 0.0570. The van der Waals surface area contributed by atoms with Crippen molar-refractivity contribution in [2.24, 2.45) is 4.99 Å². The molecule has 0 aromatic heterocycles. The highest BCUT2D eigenvalue weighted by Gasteiger charge is 2.26. The third-order valence-corrected chi connectivity index (χ3v) is 4.58. The molecule has 4 rings (SSSR count). The number of aliphatic imine (C=N–C) groups is 1. The molecular formula is C22H20N2. The molecule has 1 atom stereocenters. The van der Waals surface area contributed by atoms with E-state index in [1.807, 2.05) is 6.07 Å². The average molecular weight is 312 g/mol. The topological polar surface area (TPSA) is 24.4 Å². The van der Waals surface area contributed by atoms with Gasteiger partial charge in [-0.05, 0) is 36.1 Å². The van der Waals surface area contributed by atoms with Crippen molar-refractivity contribution in [3.05, 3.63) is 95.1 Å². The van der Waals surface area contributed by atoms with Crippen molar-refractivity contribution in [3.8, 4) is 0 Å². The maximum Gasteiger partial charge on any atom is 0.0947 e. The van der Waals surface area contributed by atoms with E-state index < -0.39 is 0 Å². The summed E-state index contributed by atoms with van der Waals surface area (Å²) < 4.78 is 0. The van der Waals surface area contributed by atoms with E-state index in [-0.39, 0.29) is 6.04 Å². The van der Waals surface area contributed by atoms with E-state index >= 15 is 0 Å².